The van der Waals surface area contributed by atoms with Crippen LogP contribution in [0.2, 0.25) is 5.02 Å². The number of nitrogens with zero attached hydrogens (tertiary/aromatic N) is 3. The van der Waals surface area contributed by atoms with Crippen LogP contribution in [0, 0.1) is 0 Å². The van der Waals surface area contributed by atoms with Crippen LogP contribution in [-0.2, 0) is 10.5 Å². The zero-order valence-corrected chi connectivity index (χ0v) is 24.5. The van der Waals surface area contributed by atoms with Crippen molar-refractivity contribution in [3.05, 3.63) is 98.6 Å². The Morgan fingerprint density at radius 1 is 1.10 bits per heavy atom. The first-order valence-corrected chi connectivity index (χ1v) is 14.1. The third kappa shape index (κ3) is 5.63. The first-order valence-electron chi connectivity index (χ1n) is 12.0. The number of carbonyl (C=O) groups excluding carboxylic acids is 1. The summed E-state index contributed by atoms with van der Waals surface area (Å²) in [4.78, 5) is 18.6. The van der Waals surface area contributed by atoms with Crippen molar-refractivity contribution in [1.29, 1.82) is 0 Å². The third-order valence-corrected chi connectivity index (χ3v) is 7.98. The van der Waals surface area contributed by atoms with Gasteiger partial charge in [-0.05, 0) is 48.9 Å². The van der Waals surface area contributed by atoms with Crippen molar-refractivity contribution in [1.82, 2.24) is 14.8 Å². The number of ether oxygens (including phenoxy) is 2. The summed E-state index contributed by atoms with van der Waals surface area (Å²) >= 11 is 11.4. The van der Waals surface area contributed by atoms with Gasteiger partial charge in [-0.2, -0.15) is 4.98 Å². The summed E-state index contributed by atoms with van der Waals surface area (Å²) in [6.07, 6.45) is 0. The van der Waals surface area contributed by atoms with Gasteiger partial charge < -0.3 is 20.1 Å². The number of nitrogens with one attached hydrogen (secondary N) is 2. The monoisotopic (exact) mass is 625 g/mol. The maximum atomic E-state index is 13.9. The average Bonchev–Trinajstić information content (AvgIpc) is 3.34. The number of halogens is 2. The van der Waals surface area contributed by atoms with Gasteiger partial charge in [-0.15, -0.1) is 5.10 Å². The number of benzene rings is 3. The molecule has 0 spiro atoms. The summed E-state index contributed by atoms with van der Waals surface area (Å²) in [6.45, 7) is 1.85. The minimum Gasteiger partial charge on any atom is -0.496 e. The lowest BCUT2D eigenvalue weighted by molar-refractivity contribution is -0.113. The number of thioether (sulfide) groups is 1. The number of rotatable bonds is 8. The number of hydrogen-bond acceptors (Lipinski definition) is 7. The van der Waals surface area contributed by atoms with Crippen molar-refractivity contribution in [2.75, 3.05) is 24.9 Å². The van der Waals surface area contributed by atoms with Crippen molar-refractivity contribution in [2.24, 2.45) is 0 Å². The minimum absolute atomic E-state index is 0.303. The number of allylic oxidation sites excluding steroid dienone is 1. The molecule has 0 aliphatic carbocycles. The molecule has 1 atom stereocenters. The van der Waals surface area contributed by atoms with Crippen LogP contribution in [0.25, 0.3) is 0 Å². The molecule has 2 N–H and O–H groups in total. The van der Waals surface area contributed by atoms with Crippen LogP contribution in [0.3, 0.4) is 0 Å². The maximum Gasteiger partial charge on any atom is 0.255 e. The second-order valence-corrected chi connectivity index (χ2v) is 10.9. The molecule has 1 aromatic heterocycles. The van der Waals surface area contributed by atoms with Gasteiger partial charge in [0.15, 0.2) is 0 Å². The smallest absolute Gasteiger partial charge is 0.255 e. The Labute approximate surface area is 243 Å². The first-order chi connectivity index (χ1) is 18.9. The van der Waals surface area contributed by atoms with Gasteiger partial charge in [-0.25, -0.2) is 4.68 Å². The van der Waals surface area contributed by atoms with Crippen LogP contribution in [0.5, 0.6) is 11.5 Å². The van der Waals surface area contributed by atoms with Crippen LogP contribution in [0.15, 0.2) is 87.6 Å². The van der Waals surface area contributed by atoms with E-state index < -0.39 is 6.04 Å². The molecule has 11 heteroatoms. The largest absolute Gasteiger partial charge is 0.496 e. The Morgan fingerprint density at radius 2 is 1.85 bits per heavy atom. The van der Waals surface area contributed by atoms with E-state index in [1.165, 1.54) is 11.8 Å². The SMILES string of the molecule is COc1ccccc1NC(=O)C1=C(C)Nc2nc(SCc3ccccc3Cl)nn2C1c1cc(Br)ccc1OC. The minimum atomic E-state index is -0.620. The Kier molecular flexibility index (Phi) is 8.15. The summed E-state index contributed by atoms with van der Waals surface area (Å²) in [6, 6.07) is 20.0. The van der Waals surface area contributed by atoms with Gasteiger partial charge in [0.1, 0.15) is 17.5 Å². The van der Waals surface area contributed by atoms with Crippen molar-refractivity contribution in [3.8, 4) is 11.5 Å². The number of hydrogen-bond donors (Lipinski definition) is 2. The van der Waals surface area contributed by atoms with E-state index in [-0.39, 0.29) is 5.91 Å². The fourth-order valence-electron chi connectivity index (χ4n) is 4.39. The van der Waals surface area contributed by atoms with Gasteiger partial charge in [0.2, 0.25) is 11.1 Å². The third-order valence-electron chi connectivity index (χ3n) is 6.23. The molecule has 0 bridgehead atoms. The molecule has 3 aromatic carbocycles. The van der Waals surface area contributed by atoms with E-state index >= 15 is 0 Å². The van der Waals surface area contributed by atoms with E-state index in [0.717, 1.165) is 15.6 Å². The topological polar surface area (TPSA) is 90.3 Å². The Balaban J connectivity index is 1.56. The highest BCUT2D eigenvalue weighted by Gasteiger charge is 2.36. The first kappa shape index (κ1) is 27.1. The number of para-hydroxylation sites is 2. The second kappa shape index (κ2) is 11.7. The van der Waals surface area contributed by atoms with Crippen LogP contribution >= 0.6 is 39.3 Å². The van der Waals surface area contributed by atoms with E-state index in [2.05, 4.69) is 26.6 Å². The molecule has 200 valence electrons. The summed E-state index contributed by atoms with van der Waals surface area (Å²) in [5.74, 6) is 2.00. The van der Waals surface area contributed by atoms with Crippen molar-refractivity contribution < 1.29 is 14.3 Å². The van der Waals surface area contributed by atoms with Gasteiger partial charge in [-0.1, -0.05) is 69.6 Å². The number of carbonyl (C=O) groups is 1. The van der Waals surface area contributed by atoms with E-state index in [9.17, 15) is 4.79 Å². The molecule has 5 rings (SSSR count). The molecular formula is C28H25BrClN5O3S. The second-order valence-electron chi connectivity index (χ2n) is 8.65. The number of anilines is 2. The van der Waals surface area contributed by atoms with Gasteiger partial charge in [0, 0.05) is 26.5 Å². The normalized spacial score (nSPS) is 14.4. The predicted octanol–water partition coefficient (Wildman–Crippen LogP) is 6.93. The lowest BCUT2D eigenvalue weighted by Gasteiger charge is -2.29. The van der Waals surface area contributed by atoms with E-state index in [4.69, 9.17) is 31.2 Å². The van der Waals surface area contributed by atoms with Gasteiger partial charge >= 0.3 is 0 Å². The molecule has 1 aliphatic rings. The van der Waals surface area contributed by atoms with Crippen molar-refractivity contribution >= 4 is 56.8 Å². The van der Waals surface area contributed by atoms with Crippen LogP contribution in [0.1, 0.15) is 24.1 Å². The molecule has 8 nitrogen and oxygen atoms in total. The van der Waals surface area contributed by atoms with Crippen LogP contribution in [-0.4, -0.2) is 34.9 Å². The number of aromatic nitrogens is 3. The lowest BCUT2D eigenvalue weighted by atomic mass is 9.94. The molecule has 0 saturated heterocycles. The van der Waals surface area contributed by atoms with Crippen LogP contribution in [0.4, 0.5) is 11.6 Å². The van der Waals surface area contributed by atoms with Crippen molar-refractivity contribution in [3.63, 3.8) is 0 Å². The average molecular weight is 627 g/mol. The molecule has 2 heterocycles. The van der Waals surface area contributed by atoms with E-state index in [0.29, 0.717) is 50.3 Å². The van der Waals surface area contributed by atoms with E-state index in [1.807, 2.05) is 61.5 Å². The Hall–Kier alpha value is -3.47. The van der Waals surface area contributed by atoms with E-state index in [1.54, 1.807) is 31.0 Å². The quantitative estimate of drug-likeness (QED) is 0.205. The highest BCUT2D eigenvalue weighted by Crippen LogP contribution is 2.41. The zero-order valence-electron chi connectivity index (χ0n) is 21.4. The number of amides is 1. The highest BCUT2D eigenvalue weighted by atomic mass is 79.9. The fraction of sp³-hybridized carbons (Fsp3) is 0.179. The van der Waals surface area contributed by atoms with Gasteiger partial charge in [0.05, 0.1) is 25.5 Å². The highest BCUT2D eigenvalue weighted by molar-refractivity contribution is 9.10. The maximum absolute atomic E-state index is 13.9. The molecule has 1 unspecified atom stereocenters. The van der Waals surface area contributed by atoms with Gasteiger partial charge in [-0.3, -0.25) is 4.79 Å². The Morgan fingerprint density at radius 3 is 2.62 bits per heavy atom. The molecule has 0 saturated carbocycles. The summed E-state index contributed by atoms with van der Waals surface area (Å²) in [7, 11) is 3.17. The fourth-order valence-corrected chi connectivity index (χ4v) is 5.88. The molecule has 0 fully saturated rings. The summed E-state index contributed by atoms with van der Waals surface area (Å²) in [5, 5.41) is 12.3. The lowest BCUT2D eigenvalue weighted by Crippen LogP contribution is -2.31. The molecule has 0 radical (unpaired) electrons. The summed E-state index contributed by atoms with van der Waals surface area (Å²) < 4.78 is 13.7. The molecular weight excluding hydrogens is 602 g/mol. The zero-order chi connectivity index (χ0) is 27.5. The van der Waals surface area contributed by atoms with Crippen molar-refractivity contribution in [2.45, 2.75) is 23.9 Å². The standard InChI is InChI=1S/C28H25BrClN5O3S/c1-16-24(26(36)32-21-10-6-7-11-23(21)38-3)25(19-14-18(29)12-13-22(19)37-2)35-27(31-16)33-28(34-35)39-15-17-8-4-5-9-20(17)30/h4-14,25H,15H2,1-3H3,(H,32,36)(H,31,33,34). The molecule has 1 amide bonds. The van der Waals surface area contributed by atoms with Gasteiger partial charge in [0.25, 0.3) is 5.91 Å². The molecule has 1 aliphatic heterocycles. The summed E-state index contributed by atoms with van der Waals surface area (Å²) in [5.41, 5.74) is 3.42. The molecule has 39 heavy (non-hydrogen) atoms. The van der Waals surface area contributed by atoms with Crippen LogP contribution < -0.4 is 20.1 Å². The number of methoxy groups -OCH3 is 2. The number of fused-ring (bicyclic) bond motifs is 1. The molecule has 4 aromatic rings. The predicted molar refractivity (Wildman–Crippen MR) is 158 cm³/mol. The Bertz CT molecular complexity index is 1570.